The minimum absolute atomic E-state index is 0.0310. The van der Waals surface area contributed by atoms with Gasteiger partial charge in [0, 0.05) is 6.42 Å². The monoisotopic (exact) mass is 920 g/mol. The summed E-state index contributed by atoms with van der Waals surface area (Å²) in [6, 6.07) is -0.726. The number of unbranched alkanes of at least 4 members (excludes halogenated alkanes) is 23. The average Bonchev–Trinajstić information content (AvgIpc) is 3.31. The number of aliphatic hydroxyl groups is 2. The summed E-state index contributed by atoms with van der Waals surface area (Å²) in [5.41, 5.74) is 0. The van der Waals surface area contributed by atoms with Crippen molar-refractivity contribution in [1.82, 2.24) is 5.32 Å². The van der Waals surface area contributed by atoms with Crippen molar-refractivity contribution in [3.63, 3.8) is 0 Å². The van der Waals surface area contributed by atoms with Gasteiger partial charge < -0.3 is 20.3 Å². The third-order valence-electron chi connectivity index (χ3n) is 12.2. The lowest BCUT2D eigenvalue weighted by atomic mass is 10.0. The molecular formula is C60H105NO5. The third kappa shape index (κ3) is 47.5. The Morgan fingerprint density at radius 2 is 0.788 bits per heavy atom. The molecule has 0 aromatic rings. The van der Waals surface area contributed by atoms with Crippen LogP contribution in [0.15, 0.2) is 85.1 Å². The summed E-state index contributed by atoms with van der Waals surface area (Å²) in [6.45, 7) is 6.41. The van der Waals surface area contributed by atoms with E-state index in [1.165, 1.54) is 122 Å². The van der Waals surface area contributed by atoms with E-state index in [9.17, 15) is 19.8 Å². The molecule has 66 heavy (non-hydrogen) atoms. The second-order valence-electron chi connectivity index (χ2n) is 18.6. The maximum Gasteiger partial charge on any atom is 0.306 e. The van der Waals surface area contributed by atoms with Crippen LogP contribution in [-0.4, -0.2) is 46.9 Å². The first kappa shape index (κ1) is 63.0. The first-order valence-electron chi connectivity index (χ1n) is 27.8. The first-order valence-corrected chi connectivity index (χ1v) is 27.8. The number of allylic oxidation sites excluding steroid dienone is 14. The molecule has 3 N–H and O–H groups in total. The van der Waals surface area contributed by atoms with Crippen LogP contribution in [0.3, 0.4) is 0 Å². The molecule has 0 saturated carbocycles. The summed E-state index contributed by atoms with van der Waals surface area (Å²) in [5, 5.41) is 23.8. The quantitative estimate of drug-likeness (QED) is 0.0321. The standard InChI is InChI=1S/C60H105NO5/c1-4-7-10-13-16-19-22-24-26-28-29-31-33-35-38-41-44-47-50-53-60(65)66-56(51-48-45-42-39-37-34-32-30-27-25-23-20-17-14-11-8-5-2)54-59(64)61-57(55-62)58(63)52-49-46-43-40-36-21-18-15-12-9-6-3/h16-17,19-20,24-27,29,31-32,34,39,42,56-58,62-63H,4-15,18,21-23,28,30,33,35-38,40-41,43-55H2,1-3H3,(H,61,64)/b19-16-,20-17-,26-24-,27-25-,31-29-,34-32-,42-39-. The van der Waals surface area contributed by atoms with Gasteiger partial charge in [0.25, 0.3) is 0 Å². The van der Waals surface area contributed by atoms with Gasteiger partial charge in [-0.2, -0.15) is 0 Å². The molecule has 3 atom stereocenters. The number of amides is 1. The van der Waals surface area contributed by atoms with Gasteiger partial charge in [-0.3, -0.25) is 9.59 Å². The van der Waals surface area contributed by atoms with Gasteiger partial charge in [0.05, 0.1) is 25.2 Å². The van der Waals surface area contributed by atoms with Crippen molar-refractivity contribution in [3.05, 3.63) is 85.1 Å². The fraction of sp³-hybridized carbons (Fsp3) is 0.733. The normalized spacial score (nSPS) is 13.8. The van der Waals surface area contributed by atoms with Crippen LogP contribution in [0.4, 0.5) is 0 Å². The molecule has 3 unspecified atom stereocenters. The van der Waals surface area contributed by atoms with E-state index >= 15 is 0 Å². The van der Waals surface area contributed by atoms with Crippen molar-refractivity contribution in [2.24, 2.45) is 0 Å². The highest BCUT2D eigenvalue weighted by molar-refractivity contribution is 5.77. The third-order valence-corrected chi connectivity index (χ3v) is 12.2. The second-order valence-corrected chi connectivity index (χ2v) is 18.6. The Hall–Kier alpha value is -2.96. The van der Waals surface area contributed by atoms with Crippen LogP contribution >= 0.6 is 0 Å². The van der Waals surface area contributed by atoms with Crippen molar-refractivity contribution >= 4 is 11.9 Å². The number of carbonyl (C=O) groups is 2. The van der Waals surface area contributed by atoms with Gasteiger partial charge in [-0.25, -0.2) is 0 Å². The Morgan fingerprint density at radius 3 is 1.23 bits per heavy atom. The Morgan fingerprint density at radius 1 is 0.439 bits per heavy atom. The van der Waals surface area contributed by atoms with Crippen molar-refractivity contribution in [3.8, 4) is 0 Å². The lowest BCUT2D eigenvalue weighted by Gasteiger charge is -2.24. The number of carbonyl (C=O) groups excluding carboxylic acids is 2. The van der Waals surface area contributed by atoms with Gasteiger partial charge in [-0.1, -0.05) is 228 Å². The zero-order valence-corrected chi connectivity index (χ0v) is 43.3. The summed E-state index contributed by atoms with van der Waals surface area (Å²) in [6.07, 6.45) is 69.3. The van der Waals surface area contributed by atoms with E-state index in [1.807, 2.05) is 0 Å². The van der Waals surface area contributed by atoms with Crippen molar-refractivity contribution in [2.75, 3.05) is 6.61 Å². The second kappa shape index (κ2) is 53.0. The molecule has 0 radical (unpaired) electrons. The number of rotatable bonds is 49. The minimum atomic E-state index is -0.808. The molecule has 0 fully saturated rings. The fourth-order valence-electron chi connectivity index (χ4n) is 7.96. The molecule has 0 aliphatic carbocycles. The summed E-state index contributed by atoms with van der Waals surface area (Å²) >= 11 is 0. The SMILES string of the molecule is CCCCC/C=C\C/C=C\C/C=C\C/C=C\CCCC(CC(=O)NC(CO)C(O)CCCCCCCCCCCCC)OC(=O)CCCCCCCC/C=C\C/C=C\C/C=C\CCCCC. The Bertz CT molecular complexity index is 1260. The summed E-state index contributed by atoms with van der Waals surface area (Å²) in [5.74, 6) is -0.544. The Balaban J connectivity index is 4.70. The number of aliphatic hydroxyl groups excluding tert-OH is 2. The molecule has 6 nitrogen and oxygen atoms in total. The van der Waals surface area contributed by atoms with E-state index in [0.29, 0.717) is 19.3 Å². The average molecular weight is 921 g/mol. The number of hydrogen-bond acceptors (Lipinski definition) is 5. The highest BCUT2D eigenvalue weighted by Gasteiger charge is 2.24. The van der Waals surface area contributed by atoms with Crippen LogP contribution in [0.25, 0.3) is 0 Å². The van der Waals surface area contributed by atoms with Crippen LogP contribution in [0, 0.1) is 0 Å². The van der Waals surface area contributed by atoms with E-state index in [0.717, 1.165) is 89.9 Å². The van der Waals surface area contributed by atoms with Crippen LogP contribution in [-0.2, 0) is 14.3 Å². The minimum Gasteiger partial charge on any atom is -0.462 e. The van der Waals surface area contributed by atoms with E-state index in [-0.39, 0.29) is 24.9 Å². The molecular weight excluding hydrogens is 815 g/mol. The molecule has 0 aromatic heterocycles. The number of hydrogen-bond donors (Lipinski definition) is 3. The fourth-order valence-corrected chi connectivity index (χ4v) is 7.96. The summed E-state index contributed by atoms with van der Waals surface area (Å²) in [4.78, 5) is 26.2. The van der Waals surface area contributed by atoms with Crippen molar-refractivity contribution < 1.29 is 24.5 Å². The molecule has 380 valence electrons. The van der Waals surface area contributed by atoms with Gasteiger partial charge in [0.15, 0.2) is 0 Å². The van der Waals surface area contributed by atoms with Gasteiger partial charge in [-0.15, -0.1) is 0 Å². The lowest BCUT2D eigenvalue weighted by Crippen LogP contribution is -2.46. The molecule has 0 aliphatic heterocycles. The van der Waals surface area contributed by atoms with Crippen LogP contribution < -0.4 is 5.32 Å². The molecule has 0 bridgehead atoms. The topological polar surface area (TPSA) is 95.9 Å². The van der Waals surface area contributed by atoms with Crippen LogP contribution in [0.2, 0.25) is 0 Å². The molecule has 0 spiro atoms. The molecule has 0 saturated heterocycles. The summed E-state index contributed by atoms with van der Waals surface area (Å²) < 4.78 is 5.92. The molecule has 0 heterocycles. The van der Waals surface area contributed by atoms with E-state index in [4.69, 9.17) is 4.74 Å². The number of nitrogens with one attached hydrogen (secondary N) is 1. The predicted octanol–water partition coefficient (Wildman–Crippen LogP) is 17.1. The van der Waals surface area contributed by atoms with E-state index < -0.39 is 18.2 Å². The maximum absolute atomic E-state index is 13.2. The molecule has 6 heteroatoms. The Kier molecular flexibility index (Phi) is 50.6. The summed E-state index contributed by atoms with van der Waals surface area (Å²) in [7, 11) is 0. The molecule has 0 aromatic carbocycles. The Labute approximate surface area is 408 Å². The zero-order valence-electron chi connectivity index (χ0n) is 43.3. The van der Waals surface area contributed by atoms with E-state index in [2.05, 4.69) is 111 Å². The van der Waals surface area contributed by atoms with Gasteiger partial charge in [0.1, 0.15) is 6.10 Å². The largest absolute Gasteiger partial charge is 0.462 e. The van der Waals surface area contributed by atoms with E-state index in [1.54, 1.807) is 0 Å². The predicted molar refractivity (Wildman–Crippen MR) is 287 cm³/mol. The number of esters is 1. The number of ether oxygens (including phenoxy) is 1. The highest BCUT2D eigenvalue weighted by Crippen LogP contribution is 2.17. The zero-order chi connectivity index (χ0) is 48.1. The van der Waals surface area contributed by atoms with Crippen molar-refractivity contribution in [2.45, 2.75) is 277 Å². The van der Waals surface area contributed by atoms with Crippen LogP contribution in [0.1, 0.15) is 258 Å². The maximum atomic E-state index is 13.2. The molecule has 1 amide bonds. The first-order chi connectivity index (χ1) is 32.5. The van der Waals surface area contributed by atoms with Crippen LogP contribution in [0.5, 0.6) is 0 Å². The molecule has 0 aliphatic rings. The van der Waals surface area contributed by atoms with Gasteiger partial charge in [0.2, 0.25) is 5.91 Å². The highest BCUT2D eigenvalue weighted by atomic mass is 16.5. The lowest BCUT2D eigenvalue weighted by molar-refractivity contribution is -0.151. The van der Waals surface area contributed by atoms with Gasteiger partial charge in [-0.05, 0) is 103 Å². The smallest absolute Gasteiger partial charge is 0.306 e. The van der Waals surface area contributed by atoms with Gasteiger partial charge >= 0.3 is 5.97 Å². The molecule has 0 rings (SSSR count). The van der Waals surface area contributed by atoms with Crippen molar-refractivity contribution in [1.29, 1.82) is 0 Å².